The average Bonchev–Trinajstić information content (AvgIpc) is 3.14. The van der Waals surface area contributed by atoms with Gasteiger partial charge in [0.25, 0.3) is 0 Å². The fourth-order valence-corrected chi connectivity index (χ4v) is 3.86. The number of para-hydroxylation sites is 1. The first-order valence-corrected chi connectivity index (χ1v) is 8.16. The minimum atomic E-state index is -0.960. The van der Waals surface area contributed by atoms with E-state index in [4.69, 9.17) is 0 Å². The van der Waals surface area contributed by atoms with Crippen molar-refractivity contribution < 1.29 is 14.4 Å². The molecule has 0 bridgehead atoms. The molecule has 1 saturated carbocycles. The van der Waals surface area contributed by atoms with Crippen molar-refractivity contribution in [2.45, 2.75) is 19.9 Å². The Labute approximate surface area is 141 Å². The average molecular weight is 329 g/mol. The molecule has 1 aliphatic carbocycles. The molecule has 6 heteroatoms. The van der Waals surface area contributed by atoms with Gasteiger partial charge >= 0.3 is 0 Å². The highest BCUT2D eigenvalue weighted by Crippen LogP contribution is 2.62. The van der Waals surface area contributed by atoms with Crippen molar-refractivity contribution in [1.82, 2.24) is 10.2 Å². The normalized spacial score (nSPS) is 29.2. The van der Waals surface area contributed by atoms with Crippen LogP contribution in [0.1, 0.15) is 24.2 Å². The number of hydrogen-bond acceptors (Lipinski definition) is 4. The minimum absolute atomic E-state index is 0.0496. The van der Waals surface area contributed by atoms with E-state index in [0.717, 1.165) is 0 Å². The van der Waals surface area contributed by atoms with Gasteiger partial charge in [-0.1, -0.05) is 19.1 Å². The van der Waals surface area contributed by atoms with Crippen LogP contribution in [0, 0.1) is 17.3 Å². The number of amides is 2. The number of carbonyl (C=O) groups is 3. The van der Waals surface area contributed by atoms with E-state index in [1.54, 1.807) is 31.2 Å². The topological polar surface area (TPSA) is 78.5 Å². The van der Waals surface area contributed by atoms with Crippen LogP contribution in [0.15, 0.2) is 24.3 Å². The lowest BCUT2D eigenvalue weighted by atomic mass is 9.92. The van der Waals surface area contributed by atoms with Crippen molar-refractivity contribution in [3.63, 3.8) is 0 Å². The molecule has 3 rings (SSSR count). The van der Waals surface area contributed by atoms with Crippen LogP contribution in [-0.4, -0.2) is 49.2 Å². The van der Waals surface area contributed by atoms with Crippen LogP contribution in [0.4, 0.5) is 5.69 Å². The molecular weight excluding hydrogens is 306 g/mol. The molecule has 24 heavy (non-hydrogen) atoms. The van der Waals surface area contributed by atoms with Gasteiger partial charge in [-0.05, 0) is 33.2 Å². The molecular formula is C18H23N3O3. The lowest BCUT2D eigenvalue weighted by Gasteiger charge is -2.19. The molecule has 1 fully saturated rings. The van der Waals surface area contributed by atoms with Gasteiger partial charge in [0.1, 0.15) is 0 Å². The minimum Gasteiger partial charge on any atom is -0.352 e. The van der Waals surface area contributed by atoms with Crippen LogP contribution >= 0.6 is 0 Å². The van der Waals surface area contributed by atoms with Gasteiger partial charge in [0.15, 0.2) is 5.78 Å². The number of nitrogens with zero attached hydrogens (tertiary/aromatic N) is 1. The van der Waals surface area contributed by atoms with Crippen LogP contribution in [0.2, 0.25) is 0 Å². The van der Waals surface area contributed by atoms with Crippen molar-refractivity contribution >= 4 is 23.3 Å². The number of Topliss-reactive ketones (excluding diaryl/α,β-unsaturated/α-hetero) is 1. The maximum absolute atomic E-state index is 12.9. The van der Waals surface area contributed by atoms with E-state index in [-0.39, 0.29) is 23.6 Å². The molecule has 6 nitrogen and oxygen atoms in total. The van der Waals surface area contributed by atoms with E-state index in [1.165, 1.54) is 0 Å². The summed E-state index contributed by atoms with van der Waals surface area (Å²) in [6.45, 7) is 4.33. The van der Waals surface area contributed by atoms with Crippen molar-refractivity contribution in [2.24, 2.45) is 17.3 Å². The Hall–Kier alpha value is -2.21. The highest BCUT2D eigenvalue weighted by molar-refractivity contribution is 6.19. The molecule has 0 radical (unpaired) electrons. The zero-order chi connectivity index (χ0) is 17.6. The van der Waals surface area contributed by atoms with Gasteiger partial charge in [0.2, 0.25) is 11.8 Å². The smallest absolute Gasteiger partial charge is 0.229 e. The first kappa shape index (κ1) is 16.6. The Morgan fingerprint density at radius 1 is 1.33 bits per heavy atom. The van der Waals surface area contributed by atoms with Crippen molar-refractivity contribution in [3.05, 3.63) is 29.8 Å². The standard InChI is InChI=1S/C18H23N3O3/c1-10(9-21(3)4)19-16(23)13-14-17(24)20-12-8-6-5-7-11(12)15(22)18(13,14)2/h5-8,10,13-14H,9H2,1-4H3,(H,19,23)(H,20,24)/t10-,13+,14+,18-/m1/s1. The maximum atomic E-state index is 12.9. The van der Waals surface area contributed by atoms with Gasteiger partial charge in [-0.3, -0.25) is 14.4 Å². The summed E-state index contributed by atoms with van der Waals surface area (Å²) in [4.78, 5) is 40.0. The van der Waals surface area contributed by atoms with Gasteiger partial charge in [0.05, 0.1) is 22.9 Å². The number of likely N-dealkylation sites (N-methyl/N-ethyl adjacent to an activating group) is 1. The molecule has 0 aromatic heterocycles. The number of hydrogen-bond donors (Lipinski definition) is 2. The summed E-state index contributed by atoms with van der Waals surface area (Å²) < 4.78 is 0. The lowest BCUT2D eigenvalue weighted by Crippen LogP contribution is -2.41. The third-order valence-electron chi connectivity index (χ3n) is 5.03. The maximum Gasteiger partial charge on any atom is 0.229 e. The summed E-state index contributed by atoms with van der Waals surface area (Å²) in [5.41, 5.74) is 0.0482. The second-order valence-electron chi connectivity index (χ2n) is 7.27. The molecule has 1 aliphatic heterocycles. The zero-order valence-electron chi connectivity index (χ0n) is 14.4. The molecule has 0 unspecified atom stereocenters. The van der Waals surface area contributed by atoms with Gasteiger partial charge in [-0.15, -0.1) is 0 Å². The fraction of sp³-hybridized carbons (Fsp3) is 0.500. The summed E-state index contributed by atoms with van der Waals surface area (Å²) >= 11 is 0. The Bertz CT molecular complexity index is 715. The Morgan fingerprint density at radius 3 is 2.67 bits per heavy atom. The van der Waals surface area contributed by atoms with Crippen molar-refractivity contribution in [3.8, 4) is 0 Å². The molecule has 1 heterocycles. The summed E-state index contributed by atoms with van der Waals surface area (Å²) in [7, 11) is 3.86. The molecule has 128 valence electrons. The molecule has 2 N–H and O–H groups in total. The van der Waals surface area contributed by atoms with Crippen LogP contribution < -0.4 is 10.6 Å². The third kappa shape index (κ3) is 2.51. The van der Waals surface area contributed by atoms with E-state index >= 15 is 0 Å². The highest BCUT2D eigenvalue weighted by Gasteiger charge is 2.73. The van der Waals surface area contributed by atoms with E-state index in [9.17, 15) is 14.4 Å². The summed E-state index contributed by atoms with van der Waals surface area (Å²) in [5.74, 6) is -1.83. The van der Waals surface area contributed by atoms with Crippen molar-refractivity contribution in [2.75, 3.05) is 26.0 Å². The molecule has 0 spiro atoms. The molecule has 2 aliphatic rings. The molecule has 0 saturated heterocycles. The number of nitrogens with one attached hydrogen (secondary N) is 2. The number of rotatable bonds is 4. The quantitative estimate of drug-likeness (QED) is 0.868. The number of fused-ring (bicyclic) bond motifs is 2. The number of carbonyl (C=O) groups excluding carboxylic acids is 3. The van der Waals surface area contributed by atoms with E-state index in [2.05, 4.69) is 10.6 Å². The monoisotopic (exact) mass is 329 g/mol. The molecule has 2 amide bonds. The molecule has 4 atom stereocenters. The second kappa shape index (κ2) is 5.70. The van der Waals surface area contributed by atoms with Crippen LogP contribution in [0.5, 0.6) is 0 Å². The number of ketones is 1. The fourth-order valence-electron chi connectivity index (χ4n) is 3.86. The van der Waals surface area contributed by atoms with Crippen molar-refractivity contribution in [1.29, 1.82) is 0 Å². The Kier molecular flexibility index (Phi) is 3.95. The van der Waals surface area contributed by atoms with Crippen LogP contribution in [-0.2, 0) is 9.59 Å². The van der Waals surface area contributed by atoms with Gasteiger partial charge < -0.3 is 15.5 Å². The largest absolute Gasteiger partial charge is 0.352 e. The zero-order valence-corrected chi connectivity index (χ0v) is 14.4. The SMILES string of the molecule is C[C@H](CN(C)C)NC(=O)[C@@H]1[C@H]2C(=O)Nc3ccccc3C(=O)[C@@]21C. The number of anilines is 1. The number of benzene rings is 1. The summed E-state index contributed by atoms with van der Waals surface area (Å²) in [6.07, 6.45) is 0. The first-order chi connectivity index (χ1) is 11.3. The predicted molar refractivity (Wildman–Crippen MR) is 90.6 cm³/mol. The van der Waals surface area contributed by atoms with E-state index in [1.807, 2.05) is 25.9 Å². The molecule has 1 aromatic carbocycles. The molecule has 1 aromatic rings. The van der Waals surface area contributed by atoms with Crippen LogP contribution in [0.25, 0.3) is 0 Å². The Balaban J connectivity index is 1.84. The highest BCUT2D eigenvalue weighted by atomic mass is 16.2. The summed E-state index contributed by atoms with van der Waals surface area (Å²) in [5, 5.41) is 5.72. The lowest BCUT2D eigenvalue weighted by molar-refractivity contribution is -0.125. The predicted octanol–water partition coefficient (Wildman–Crippen LogP) is 1.14. The van der Waals surface area contributed by atoms with E-state index in [0.29, 0.717) is 17.8 Å². The van der Waals surface area contributed by atoms with E-state index < -0.39 is 17.3 Å². The Morgan fingerprint density at radius 2 is 2.00 bits per heavy atom. The van der Waals surface area contributed by atoms with Gasteiger partial charge in [-0.25, -0.2) is 0 Å². The third-order valence-corrected chi connectivity index (χ3v) is 5.03. The second-order valence-corrected chi connectivity index (χ2v) is 7.27. The summed E-state index contributed by atoms with van der Waals surface area (Å²) in [6, 6.07) is 6.91. The first-order valence-electron chi connectivity index (χ1n) is 8.16. The van der Waals surface area contributed by atoms with Gasteiger partial charge in [0, 0.05) is 18.2 Å². The van der Waals surface area contributed by atoms with Crippen LogP contribution in [0.3, 0.4) is 0 Å². The van der Waals surface area contributed by atoms with Gasteiger partial charge in [-0.2, -0.15) is 0 Å².